The van der Waals surface area contributed by atoms with Gasteiger partial charge in [0.2, 0.25) is 0 Å². The molecule has 4 heteroatoms. The molecule has 3 nitrogen and oxygen atoms in total. The molecule has 1 unspecified atom stereocenters. The van der Waals surface area contributed by atoms with E-state index in [1.165, 1.54) is 0 Å². The van der Waals surface area contributed by atoms with Gasteiger partial charge in [0, 0.05) is 30.6 Å². The number of nitrogens with two attached hydrogens (primary N) is 1. The molecule has 0 saturated carbocycles. The van der Waals surface area contributed by atoms with Crippen LogP contribution in [0.2, 0.25) is 5.15 Å². The van der Waals surface area contributed by atoms with Crippen LogP contribution in [0, 0.1) is 0 Å². The fraction of sp³-hybridized carbons (Fsp3) is 0.308. The van der Waals surface area contributed by atoms with Crippen LogP contribution in [-0.4, -0.2) is 15.6 Å². The molecule has 2 rings (SSSR count). The smallest absolute Gasteiger partial charge is 0.152 e. The molecule has 1 atom stereocenters. The Hall–Kier alpha value is -1.32. The van der Waals surface area contributed by atoms with E-state index in [-0.39, 0.29) is 6.04 Å². The number of rotatable bonds is 4. The van der Waals surface area contributed by atoms with E-state index in [1.807, 2.05) is 29.0 Å². The van der Waals surface area contributed by atoms with Gasteiger partial charge in [-0.25, -0.2) is 4.98 Å². The summed E-state index contributed by atoms with van der Waals surface area (Å²) in [5, 5.41) is 0.509. The second-order valence-corrected chi connectivity index (χ2v) is 4.41. The lowest BCUT2D eigenvalue weighted by Crippen LogP contribution is -2.22. The molecule has 0 radical (unpaired) electrons. The van der Waals surface area contributed by atoms with E-state index >= 15 is 0 Å². The van der Waals surface area contributed by atoms with Gasteiger partial charge in [0.1, 0.15) is 0 Å². The third-order valence-electron chi connectivity index (χ3n) is 2.83. The van der Waals surface area contributed by atoms with Crippen molar-refractivity contribution in [1.82, 2.24) is 9.55 Å². The lowest BCUT2D eigenvalue weighted by atomic mass is 10.1. The van der Waals surface area contributed by atoms with Crippen molar-refractivity contribution in [3.63, 3.8) is 0 Å². The highest BCUT2D eigenvalue weighted by Gasteiger charge is 2.09. The molecule has 2 aromatic rings. The molecule has 0 aromatic carbocycles. The zero-order valence-electron chi connectivity index (χ0n) is 9.81. The summed E-state index contributed by atoms with van der Waals surface area (Å²) in [7, 11) is 0. The molecular formula is C13H16ClN3. The molecule has 2 heterocycles. The van der Waals surface area contributed by atoms with Crippen molar-refractivity contribution in [3.05, 3.63) is 47.5 Å². The van der Waals surface area contributed by atoms with E-state index in [0.29, 0.717) is 5.15 Å². The highest BCUT2D eigenvalue weighted by Crippen LogP contribution is 2.20. The molecule has 0 spiro atoms. The Kier molecular flexibility index (Phi) is 3.82. The van der Waals surface area contributed by atoms with Crippen LogP contribution < -0.4 is 5.73 Å². The second kappa shape index (κ2) is 5.34. The Bertz CT molecular complexity index is 493. The van der Waals surface area contributed by atoms with Gasteiger partial charge in [-0.15, -0.1) is 0 Å². The van der Waals surface area contributed by atoms with Crippen molar-refractivity contribution in [2.24, 2.45) is 5.73 Å². The molecule has 0 bridgehead atoms. The van der Waals surface area contributed by atoms with Crippen LogP contribution in [0.1, 0.15) is 19.0 Å². The highest BCUT2D eigenvalue weighted by atomic mass is 35.5. The van der Waals surface area contributed by atoms with Gasteiger partial charge in [-0.05, 0) is 30.7 Å². The van der Waals surface area contributed by atoms with E-state index < -0.39 is 0 Å². The summed E-state index contributed by atoms with van der Waals surface area (Å²) in [5.74, 6) is 0. The van der Waals surface area contributed by atoms with Crippen molar-refractivity contribution in [1.29, 1.82) is 0 Å². The van der Waals surface area contributed by atoms with Crippen LogP contribution in [-0.2, 0) is 6.42 Å². The van der Waals surface area contributed by atoms with Gasteiger partial charge in [-0.3, -0.25) is 0 Å². The Morgan fingerprint density at radius 2 is 2.24 bits per heavy atom. The van der Waals surface area contributed by atoms with Crippen LogP contribution in [0.25, 0.3) is 5.69 Å². The summed E-state index contributed by atoms with van der Waals surface area (Å²) in [6, 6.07) is 8.08. The van der Waals surface area contributed by atoms with Crippen molar-refractivity contribution in [3.8, 4) is 5.69 Å². The minimum atomic E-state index is 0.180. The summed E-state index contributed by atoms with van der Waals surface area (Å²) in [6.45, 7) is 2.09. The first kappa shape index (κ1) is 12.1. The largest absolute Gasteiger partial charge is 0.327 e. The minimum absolute atomic E-state index is 0.180. The van der Waals surface area contributed by atoms with Crippen LogP contribution in [0.3, 0.4) is 0 Å². The molecule has 0 aliphatic heterocycles. The maximum Gasteiger partial charge on any atom is 0.152 e. The van der Waals surface area contributed by atoms with E-state index in [9.17, 15) is 0 Å². The Balaban J connectivity index is 2.34. The van der Waals surface area contributed by atoms with Gasteiger partial charge in [0.25, 0.3) is 0 Å². The standard InChI is InChI=1S/C13H16ClN3/c1-2-10(15)9-11-5-4-8-17(11)12-6-3-7-16-13(12)14/h3-8,10H,2,9,15H2,1H3. The number of hydrogen-bond acceptors (Lipinski definition) is 2. The van der Waals surface area contributed by atoms with Gasteiger partial charge in [0.05, 0.1) is 5.69 Å². The molecule has 90 valence electrons. The van der Waals surface area contributed by atoms with Crippen LogP contribution in [0.5, 0.6) is 0 Å². The average molecular weight is 250 g/mol. The first-order valence-electron chi connectivity index (χ1n) is 5.75. The van der Waals surface area contributed by atoms with Crippen LogP contribution in [0.4, 0.5) is 0 Å². The monoisotopic (exact) mass is 249 g/mol. The second-order valence-electron chi connectivity index (χ2n) is 4.06. The first-order valence-corrected chi connectivity index (χ1v) is 6.13. The number of pyridine rings is 1. The lowest BCUT2D eigenvalue weighted by Gasteiger charge is -2.13. The number of aromatic nitrogens is 2. The maximum atomic E-state index is 6.09. The first-order chi connectivity index (χ1) is 8.22. The number of halogens is 1. The predicted molar refractivity (Wildman–Crippen MR) is 70.5 cm³/mol. The van der Waals surface area contributed by atoms with Crippen LogP contribution in [0.15, 0.2) is 36.7 Å². The van der Waals surface area contributed by atoms with E-state index in [0.717, 1.165) is 24.2 Å². The molecular weight excluding hydrogens is 234 g/mol. The molecule has 0 aliphatic rings. The quantitative estimate of drug-likeness (QED) is 0.847. The number of hydrogen-bond donors (Lipinski definition) is 1. The summed E-state index contributed by atoms with van der Waals surface area (Å²) in [6.07, 6.45) is 5.48. The predicted octanol–water partition coefficient (Wildman–Crippen LogP) is 2.81. The minimum Gasteiger partial charge on any atom is -0.327 e. The third-order valence-corrected chi connectivity index (χ3v) is 3.12. The third kappa shape index (κ3) is 2.68. The van der Waals surface area contributed by atoms with Gasteiger partial charge < -0.3 is 10.3 Å². The fourth-order valence-corrected chi connectivity index (χ4v) is 2.00. The number of nitrogens with zero attached hydrogens (tertiary/aromatic N) is 2. The molecule has 17 heavy (non-hydrogen) atoms. The van der Waals surface area contributed by atoms with E-state index in [1.54, 1.807) is 6.20 Å². The zero-order valence-corrected chi connectivity index (χ0v) is 10.6. The van der Waals surface area contributed by atoms with Crippen molar-refractivity contribution in [2.45, 2.75) is 25.8 Å². The topological polar surface area (TPSA) is 43.8 Å². The van der Waals surface area contributed by atoms with Gasteiger partial charge in [-0.2, -0.15) is 0 Å². The Labute approximate surface area is 106 Å². The normalized spacial score (nSPS) is 12.6. The van der Waals surface area contributed by atoms with Gasteiger partial charge in [0.15, 0.2) is 5.15 Å². The SMILES string of the molecule is CCC(N)Cc1cccn1-c1cccnc1Cl. The summed E-state index contributed by atoms with van der Waals surface area (Å²) in [5.41, 5.74) is 8.05. The zero-order chi connectivity index (χ0) is 12.3. The van der Waals surface area contributed by atoms with Gasteiger partial charge >= 0.3 is 0 Å². The molecule has 2 N–H and O–H groups in total. The molecule has 0 fully saturated rings. The summed E-state index contributed by atoms with van der Waals surface area (Å²) < 4.78 is 2.05. The summed E-state index contributed by atoms with van der Waals surface area (Å²) in [4.78, 5) is 4.09. The lowest BCUT2D eigenvalue weighted by molar-refractivity contribution is 0.630. The molecule has 0 saturated heterocycles. The van der Waals surface area contributed by atoms with E-state index in [4.69, 9.17) is 17.3 Å². The van der Waals surface area contributed by atoms with Crippen LogP contribution >= 0.6 is 11.6 Å². The van der Waals surface area contributed by atoms with Gasteiger partial charge in [-0.1, -0.05) is 18.5 Å². The Morgan fingerprint density at radius 1 is 1.41 bits per heavy atom. The van der Waals surface area contributed by atoms with Crippen molar-refractivity contribution in [2.75, 3.05) is 0 Å². The average Bonchev–Trinajstić information content (AvgIpc) is 2.77. The molecule has 0 aliphatic carbocycles. The summed E-state index contributed by atoms with van der Waals surface area (Å²) >= 11 is 6.09. The van der Waals surface area contributed by atoms with E-state index in [2.05, 4.69) is 18.0 Å². The van der Waals surface area contributed by atoms with Crippen molar-refractivity contribution >= 4 is 11.6 Å². The fourth-order valence-electron chi connectivity index (χ4n) is 1.79. The molecule has 0 amide bonds. The Morgan fingerprint density at radius 3 is 2.94 bits per heavy atom. The maximum absolute atomic E-state index is 6.09. The highest BCUT2D eigenvalue weighted by molar-refractivity contribution is 6.31. The molecule has 2 aromatic heterocycles. The van der Waals surface area contributed by atoms with Crippen molar-refractivity contribution < 1.29 is 0 Å².